The van der Waals surface area contributed by atoms with E-state index in [0.717, 1.165) is 10.5 Å². The van der Waals surface area contributed by atoms with Gasteiger partial charge in [-0.15, -0.1) is 34.5 Å². The fourth-order valence-corrected chi connectivity index (χ4v) is 2.43. The molecule has 0 N–H and O–H groups in total. The van der Waals surface area contributed by atoms with Crippen molar-refractivity contribution in [2.24, 2.45) is 0 Å². The molecule has 1 aliphatic rings. The molecular formula is C15H15ClF2NO2Y-. The van der Waals surface area contributed by atoms with Gasteiger partial charge >= 0.3 is 0 Å². The number of carbonyl (C=O) groups excluding carboxylic acids is 1. The summed E-state index contributed by atoms with van der Waals surface area (Å²) in [6.07, 6.45) is 0.541. The van der Waals surface area contributed by atoms with E-state index in [0.29, 0.717) is 17.0 Å². The Morgan fingerprint density at radius 3 is 2.73 bits per heavy atom. The van der Waals surface area contributed by atoms with Gasteiger partial charge in [-0.1, -0.05) is 13.3 Å². The number of aryl methyl sites for hydroxylation is 1. The molecule has 0 fully saturated rings. The van der Waals surface area contributed by atoms with Gasteiger partial charge < -0.3 is 9.64 Å². The number of rotatable bonds is 4. The number of hydrogen-bond donors (Lipinski definition) is 0. The maximum Gasteiger partial charge on any atom is 0.256 e. The minimum Gasteiger partial charge on any atom is -0.497 e. The van der Waals surface area contributed by atoms with Crippen LogP contribution in [0.2, 0.25) is 0 Å². The van der Waals surface area contributed by atoms with E-state index in [1.807, 2.05) is 6.92 Å². The smallest absolute Gasteiger partial charge is 0.256 e. The fourth-order valence-electron chi connectivity index (χ4n) is 2.24. The van der Waals surface area contributed by atoms with Gasteiger partial charge in [0.25, 0.3) is 6.43 Å². The molecule has 1 heterocycles. The van der Waals surface area contributed by atoms with E-state index in [9.17, 15) is 13.6 Å². The van der Waals surface area contributed by atoms with Crippen LogP contribution < -0.4 is 4.74 Å². The summed E-state index contributed by atoms with van der Waals surface area (Å²) >= 11 is 5.85. The number of nitrogens with zero attached hydrogens (tertiary/aromatic N) is 1. The summed E-state index contributed by atoms with van der Waals surface area (Å²) in [5, 5.41) is -0.842. The monoisotopic (exact) mass is 403 g/mol. The molecule has 1 aromatic carbocycles. The zero-order valence-electron chi connectivity index (χ0n) is 12.3. The molecule has 1 amide bonds. The van der Waals surface area contributed by atoms with Gasteiger partial charge in [-0.2, -0.15) is 0 Å². The maximum absolute atomic E-state index is 12.7. The van der Waals surface area contributed by atoms with Gasteiger partial charge in [0.15, 0.2) is 0 Å². The normalized spacial score (nSPS) is 18.1. The molecule has 0 saturated carbocycles. The summed E-state index contributed by atoms with van der Waals surface area (Å²) in [6.45, 7) is 1.14. The number of carbonyl (C=O) groups is 1. The molecule has 7 heteroatoms. The van der Waals surface area contributed by atoms with Crippen molar-refractivity contribution in [3.05, 3.63) is 35.4 Å². The van der Waals surface area contributed by atoms with Crippen LogP contribution >= 0.6 is 11.6 Å². The average molecular weight is 404 g/mol. The summed E-state index contributed by atoms with van der Waals surface area (Å²) in [4.78, 5) is 13.1. The fraction of sp³-hybridized carbons (Fsp3) is 0.400. The number of alkyl halides is 3. The number of benzene rings is 1. The van der Waals surface area contributed by atoms with Crippen LogP contribution in [0.1, 0.15) is 17.5 Å². The molecule has 22 heavy (non-hydrogen) atoms. The topological polar surface area (TPSA) is 29.5 Å². The molecule has 2 rings (SSSR count). The van der Waals surface area contributed by atoms with Crippen LogP contribution in [0.3, 0.4) is 0 Å². The van der Waals surface area contributed by atoms with Gasteiger partial charge in [-0.3, -0.25) is 4.79 Å². The first-order valence-electron chi connectivity index (χ1n) is 6.43. The SMILES string of the molecule is COc1ccc(C2=[C-]CC(Cl)C(=O)N2CC(F)F)c(C)c1.[Y]. The van der Waals surface area contributed by atoms with Crippen LogP contribution in [0.5, 0.6) is 5.75 Å². The van der Waals surface area contributed by atoms with Gasteiger partial charge in [0.2, 0.25) is 5.91 Å². The Balaban J connectivity index is 0.00000242. The molecule has 3 nitrogen and oxygen atoms in total. The molecule has 1 atom stereocenters. The number of amides is 1. The number of allylic oxidation sites excluding steroid dienone is 1. The van der Waals surface area contributed by atoms with Crippen molar-refractivity contribution in [3.63, 3.8) is 0 Å². The third-order valence-corrected chi connectivity index (χ3v) is 3.60. The maximum atomic E-state index is 12.7. The summed E-state index contributed by atoms with van der Waals surface area (Å²) < 4.78 is 30.6. The zero-order valence-corrected chi connectivity index (χ0v) is 15.9. The van der Waals surface area contributed by atoms with Crippen LogP contribution in [-0.2, 0) is 37.5 Å². The predicted octanol–water partition coefficient (Wildman–Crippen LogP) is 3.25. The minimum absolute atomic E-state index is 0. The molecule has 0 aliphatic carbocycles. The first-order valence-corrected chi connectivity index (χ1v) is 6.87. The van der Waals surface area contributed by atoms with Crippen LogP contribution in [-0.4, -0.2) is 36.3 Å². The van der Waals surface area contributed by atoms with Gasteiger partial charge in [0, 0.05) is 32.7 Å². The van der Waals surface area contributed by atoms with Crippen molar-refractivity contribution in [3.8, 4) is 5.75 Å². The quantitative estimate of drug-likeness (QED) is 0.570. The number of halogens is 3. The third kappa shape index (κ3) is 4.27. The predicted molar refractivity (Wildman–Crippen MR) is 76.4 cm³/mol. The summed E-state index contributed by atoms with van der Waals surface area (Å²) in [5.41, 5.74) is 1.85. The third-order valence-electron chi connectivity index (χ3n) is 3.26. The number of methoxy groups -OCH3 is 1. The first-order chi connectivity index (χ1) is 9.93. The summed E-state index contributed by atoms with van der Waals surface area (Å²) in [6, 6.07) is 5.23. The van der Waals surface area contributed by atoms with E-state index >= 15 is 0 Å². The second-order valence-corrected chi connectivity index (χ2v) is 5.24. The van der Waals surface area contributed by atoms with Crippen LogP contribution in [0, 0.1) is 13.0 Å². The molecule has 117 valence electrons. The van der Waals surface area contributed by atoms with Gasteiger partial charge in [0.05, 0.1) is 13.7 Å². The summed E-state index contributed by atoms with van der Waals surface area (Å²) in [7, 11) is 1.55. The molecule has 1 radical (unpaired) electrons. The van der Waals surface area contributed by atoms with Crippen LogP contribution in [0.4, 0.5) is 8.78 Å². The van der Waals surface area contributed by atoms with Crippen molar-refractivity contribution in [1.82, 2.24) is 4.90 Å². The van der Waals surface area contributed by atoms with Crippen molar-refractivity contribution >= 4 is 23.2 Å². The Morgan fingerprint density at radius 2 is 2.18 bits per heavy atom. The molecule has 0 spiro atoms. The average Bonchev–Trinajstić information content (AvgIpc) is 2.44. The number of hydrogen-bond acceptors (Lipinski definition) is 2. The minimum atomic E-state index is -2.63. The van der Waals surface area contributed by atoms with E-state index in [-0.39, 0.29) is 39.1 Å². The Kier molecular flexibility index (Phi) is 7.43. The molecule has 0 aromatic heterocycles. The van der Waals surface area contributed by atoms with E-state index in [2.05, 4.69) is 6.08 Å². The van der Waals surface area contributed by atoms with Crippen molar-refractivity contribution in [2.75, 3.05) is 13.7 Å². The first kappa shape index (κ1) is 19.5. The Hall–Kier alpha value is -0.516. The Labute approximate surface area is 158 Å². The van der Waals surface area contributed by atoms with Gasteiger partial charge in [0.1, 0.15) is 11.1 Å². The molecule has 0 bridgehead atoms. The van der Waals surface area contributed by atoms with Crippen molar-refractivity contribution in [2.45, 2.75) is 25.1 Å². The second-order valence-electron chi connectivity index (χ2n) is 4.72. The number of ether oxygens (including phenoxy) is 1. The van der Waals surface area contributed by atoms with Gasteiger partial charge in [-0.25, -0.2) is 14.9 Å². The van der Waals surface area contributed by atoms with E-state index < -0.39 is 24.3 Å². The molecular weight excluding hydrogens is 389 g/mol. The molecule has 1 aliphatic heterocycles. The Morgan fingerprint density at radius 1 is 1.50 bits per heavy atom. The van der Waals surface area contributed by atoms with E-state index in [1.54, 1.807) is 25.3 Å². The zero-order chi connectivity index (χ0) is 15.6. The second kappa shape index (κ2) is 8.37. The van der Waals surface area contributed by atoms with E-state index in [1.165, 1.54) is 0 Å². The molecule has 1 unspecified atom stereocenters. The summed E-state index contributed by atoms with van der Waals surface area (Å²) in [5.74, 6) is 0.149. The van der Waals surface area contributed by atoms with Crippen LogP contribution in [0.15, 0.2) is 18.2 Å². The van der Waals surface area contributed by atoms with Crippen molar-refractivity contribution < 1.29 is 51.0 Å². The van der Waals surface area contributed by atoms with Crippen LogP contribution in [0.25, 0.3) is 5.70 Å². The molecule has 1 aromatic rings. The van der Waals surface area contributed by atoms with Crippen molar-refractivity contribution in [1.29, 1.82) is 0 Å². The van der Waals surface area contributed by atoms with Gasteiger partial charge in [-0.05, 0) is 12.1 Å². The van der Waals surface area contributed by atoms with E-state index in [4.69, 9.17) is 16.3 Å². The largest absolute Gasteiger partial charge is 0.497 e. The standard InChI is InChI=1S/C15H15ClF2NO2.Y/c1-9-7-10(21-2)3-4-11(9)13-6-5-12(16)15(20)19(13)8-14(17)18;/h3-4,7,12,14H,5,8H2,1-2H3;/q-1;. The molecule has 0 saturated heterocycles. The Bertz CT molecular complexity index is 581.